The Balaban J connectivity index is 1.42. The number of hydrogen-bond acceptors (Lipinski definition) is 5. The summed E-state index contributed by atoms with van der Waals surface area (Å²) < 4.78 is 5.39. The van der Waals surface area contributed by atoms with Gasteiger partial charge in [0.15, 0.2) is 0 Å². The number of anilines is 2. The van der Waals surface area contributed by atoms with E-state index in [9.17, 15) is 9.59 Å². The highest BCUT2D eigenvalue weighted by atomic mass is 16.5. The van der Waals surface area contributed by atoms with Gasteiger partial charge in [0.25, 0.3) is 5.91 Å². The molecule has 2 saturated heterocycles. The van der Waals surface area contributed by atoms with Crippen LogP contribution in [-0.2, 0) is 9.53 Å². The Labute approximate surface area is 185 Å². The van der Waals surface area contributed by atoms with Crippen LogP contribution in [-0.4, -0.2) is 69.2 Å². The topological polar surface area (TPSA) is 73.9 Å². The molecule has 1 aromatic rings. The van der Waals surface area contributed by atoms with Gasteiger partial charge in [-0.15, -0.1) is 0 Å². The maximum absolute atomic E-state index is 13.1. The Bertz CT molecular complexity index is 751. The van der Waals surface area contributed by atoms with E-state index < -0.39 is 0 Å². The molecule has 1 aliphatic carbocycles. The average molecular weight is 429 g/mol. The first-order valence-electron chi connectivity index (χ1n) is 12.0. The number of nitrogens with one attached hydrogen (secondary N) is 2. The van der Waals surface area contributed by atoms with E-state index in [1.54, 1.807) is 0 Å². The van der Waals surface area contributed by atoms with Crippen LogP contribution in [0.2, 0.25) is 0 Å². The van der Waals surface area contributed by atoms with E-state index in [1.807, 2.05) is 18.2 Å². The van der Waals surface area contributed by atoms with Crippen molar-refractivity contribution >= 4 is 23.2 Å². The number of amides is 2. The number of hydrogen-bond donors (Lipinski definition) is 2. The summed E-state index contributed by atoms with van der Waals surface area (Å²) in [6.07, 6.45) is 7.71. The van der Waals surface area contributed by atoms with E-state index >= 15 is 0 Å². The molecule has 0 spiro atoms. The summed E-state index contributed by atoms with van der Waals surface area (Å²) in [5.74, 6) is 0.119. The van der Waals surface area contributed by atoms with Crippen molar-refractivity contribution in [3.63, 3.8) is 0 Å². The molecule has 170 valence electrons. The highest BCUT2D eigenvalue weighted by Gasteiger charge is 2.23. The number of carbonyl (C=O) groups is 2. The second kappa shape index (κ2) is 11.0. The van der Waals surface area contributed by atoms with Crippen molar-refractivity contribution in [2.24, 2.45) is 5.92 Å². The van der Waals surface area contributed by atoms with Crippen LogP contribution < -0.4 is 15.5 Å². The van der Waals surface area contributed by atoms with Crippen LogP contribution in [0.4, 0.5) is 11.4 Å². The van der Waals surface area contributed by atoms with Crippen LogP contribution in [0.5, 0.6) is 0 Å². The maximum atomic E-state index is 13.1. The number of carbonyl (C=O) groups excluding carboxylic acids is 2. The van der Waals surface area contributed by atoms with E-state index in [-0.39, 0.29) is 17.7 Å². The van der Waals surface area contributed by atoms with Gasteiger partial charge in [-0.05, 0) is 43.9 Å². The molecule has 2 N–H and O–H groups in total. The van der Waals surface area contributed by atoms with Gasteiger partial charge in [-0.2, -0.15) is 0 Å². The summed E-state index contributed by atoms with van der Waals surface area (Å²) in [6, 6.07) is 5.80. The van der Waals surface area contributed by atoms with E-state index in [0.717, 1.165) is 95.8 Å². The molecule has 0 bridgehead atoms. The minimum atomic E-state index is -0.0658. The van der Waals surface area contributed by atoms with Crippen LogP contribution in [0.1, 0.15) is 55.3 Å². The third-order valence-electron chi connectivity index (χ3n) is 6.75. The van der Waals surface area contributed by atoms with Crippen molar-refractivity contribution in [2.45, 2.75) is 44.9 Å². The Hall–Kier alpha value is -2.12. The van der Waals surface area contributed by atoms with Gasteiger partial charge in [0.05, 0.1) is 18.8 Å². The van der Waals surface area contributed by atoms with Crippen LogP contribution >= 0.6 is 0 Å². The van der Waals surface area contributed by atoms with Gasteiger partial charge < -0.3 is 20.3 Å². The molecule has 0 aromatic heterocycles. The molecule has 0 atom stereocenters. The molecular formula is C24H36N4O3. The summed E-state index contributed by atoms with van der Waals surface area (Å²) in [5, 5.41) is 6.17. The summed E-state index contributed by atoms with van der Waals surface area (Å²) >= 11 is 0. The Kier molecular flexibility index (Phi) is 7.81. The number of morpholine rings is 1. The zero-order chi connectivity index (χ0) is 21.5. The SMILES string of the molecule is O=C(NCCN1CCOCC1)c1cc(NC(=O)C2CCCCC2)ccc1N1CCCC1. The van der Waals surface area contributed by atoms with Crippen molar-refractivity contribution in [3.05, 3.63) is 23.8 Å². The summed E-state index contributed by atoms with van der Waals surface area (Å²) in [4.78, 5) is 30.4. The molecule has 1 aromatic carbocycles. The predicted octanol–water partition coefficient (Wildman–Crippen LogP) is 2.87. The third kappa shape index (κ3) is 5.98. The third-order valence-corrected chi connectivity index (χ3v) is 6.75. The van der Waals surface area contributed by atoms with E-state index in [1.165, 1.54) is 6.42 Å². The normalized spacial score (nSPS) is 20.6. The molecule has 2 heterocycles. The average Bonchev–Trinajstić information content (AvgIpc) is 3.35. The van der Waals surface area contributed by atoms with Gasteiger partial charge in [-0.25, -0.2) is 0 Å². The summed E-state index contributed by atoms with van der Waals surface area (Å²) in [6.45, 7) is 6.73. The highest BCUT2D eigenvalue weighted by Crippen LogP contribution is 2.29. The second-order valence-electron chi connectivity index (χ2n) is 8.96. The lowest BCUT2D eigenvalue weighted by Crippen LogP contribution is -2.41. The fourth-order valence-electron chi connectivity index (χ4n) is 4.89. The largest absolute Gasteiger partial charge is 0.379 e. The van der Waals surface area contributed by atoms with Crippen molar-refractivity contribution in [2.75, 3.05) is 62.7 Å². The zero-order valence-electron chi connectivity index (χ0n) is 18.5. The molecule has 31 heavy (non-hydrogen) atoms. The minimum absolute atomic E-state index is 0.0658. The van der Waals surface area contributed by atoms with Gasteiger partial charge in [0.2, 0.25) is 5.91 Å². The quantitative estimate of drug-likeness (QED) is 0.699. The molecule has 3 fully saturated rings. The van der Waals surface area contributed by atoms with Crippen LogP contribution in [0.15, 0.2) is 18.2 Å². The second-order valence-corrected chi connectivity index (χ2v) is 8.96. The Morgan fingerprint density at radius 3 is 2.45 bits per heavy atom. The lowest BCUT2D eigenvalue weighted by Gasteiger charge is -2.27. The van der Waals surface area contributed by atoms with Gasteiger partial charge in [-0.1, -0.05) is 19.3 Å². The standard InChI is InChI=1S/C24H36N4O3/c29-23(19-6-2-1-3-7-19)26-20-8-9-22(28-11-4-5-12-28)21(18-20)24(30)25-10-13-27-14-16-31-17-15-27/h8-9,18-19H,1-7,10-17H2,(H,25,30)(H,26,29). The Morgan fingerprint density at radius 1 is 0.968 bits per heavy atom. The molecule has 7 heteroatoms. The monoisotopic (exact) mass is 428 g/mol. The highest BCUT2D eigenvalue weighted by molar-refractivity contribution is 6.02. The van der Waals surface area contributed by atoms with Crippen molar-refractivity contribution in [1.29, 1.82) is 0 Å². The molecule has 0 radical (unpaired) electrons. The summed E-state index contributed by atoms with van der Waals surface area (Å²) in [5.41, 5.74) is 2.35. The fraction of sp³-hybridized carbons (Fsp3) is 0.667. The fourth-order valence-corrected chi connectivity index (χ4v) is 4.89. The zero-order valence-corrected chi connectivity index (χ0v) is 18.5. The van der Waals surface area contributed by atoms with Gasteiger partial charge >= 0.3 is 0 Å². The van der Waals surface area contributed by atoms with Crippen molar-refractivity contribution in [1.82, 2.24) is 10.2 Å². The minimum Gasteiger partial charge on any atom is -0.379 e. The van der Waals surface area contributed by atoms with Crippen LogP contribution in [0.3, 0.4) is 0 Å². The number of nitrogens with zero attached hydrogens (tertiary/aromatic N) is 2. The first kappa shape index (κ1) is 22.1. The van der Waals surface area contributed by atoms with Crippen molar-refractivity contribution in [3.8, 4) is 0 Å². The van der Waals surface area contributed by atoms with Crippen LogP contribution in [0, 0.1) is 5.92 Å². The number of ether oxygens (including phenoxy) is 1. The molecule has 7 nitrogen and oxygen atoms in total. The molecular weight excluding hydrogens is 392 g/mol. The number of rotatable bonds is 7. The molecule has 1 saturated carbocycles. The lowest BCUT2D eigenvalue weighted by molar-refractivity contribution is -0.120. The maximum Gasteiger partial charge on any atom is 0.253 e. The van der Waals surface area contributed by atoms with E-state index in [0.29, 0.717) is 12.1 Å². The molecule has 2 amide bonds. The van der Waals surface area contributed by atoms with E-state index in [2.05, 4.69) is 20.4 Å². The lowest BCUT2D eigenvalue weighted by atomic mass is 9.88. The molecule has 2 aliphatic heterocycles. The smallest absolute Gasteiger partial charge is 0.253 e. The predicted molar refractivity (Wildman–Crippen MR) is 123 cm³/mol. The van der Waals surface area contributed by atoms with Gasteiger partial charge in [-0.3, -0.25) is 14.5 Å². The van der Waals surface area contributed by atoms with Gasteiger partial charge in [0, 0.05) is 56.6 Å². The van der Waals surface area contributed by atoms with E-state index in [4.69, 9.17) is 4.74 Å². The summed E-state index contributed by atoms with van der Waals surface area (Å²) in [7, 11) is 0. The van der Waals surface area contributed by atoms with Crippen molar-refractivity contribution < 1.29 is 14.3 Å². The first-order chi connectivity index (χ1) is 15.2. The first-order valence-corrected chi connectivity index (χ1v) is 12.0. The van der Waals surface area contributed by atoms with Crippen LogP contribution in [0.25, 0.3) is 0 Å². The Morgan fingerprint density at radius 2 is 1.71 bits per heavy atom. The number of benzene rings is 1. The molecule has 4 rings (SSSR count). The molecule has 0 unspecified atom stereocenters. The van der Waals surface area contributed by atoms with Gasteiger partial charge in [0.1, 0.15) is 0 Å². The molecule has 3 aliphatic rings.